The fourth-order valence-corrected chi connectivity index (χ4v) is 2.84. The van der Waals surface area contributed by atoms with Gasteiger partial charge in [-0.15, -0.1) is 0 Å². The van der Waals surface area contributed by atoms with Crippen molar-refractivity contribution in [3.05, 3.63) is 84.7 Å². The number of carbonyl (C=O) groups is 1. The maximum Gasteiger partial charge on any atom is 0.256 e. The van der Waals surface area contributed by atoms with Crippen molar-refractivity contribution in [1.29, 1.82) is 0 Å². The Morgan fingerprint density at radius 3 is 2.54 bits per heavy atom. The molecule has 5 nitrogen and oxygen atoms in total. The number of aromatic nitrogens is 2. The lowest BCUT2D eigenvalue weighted by Crippen LogP contribution is -2.12. The van der Waals surface area contributed by atoms with Gasteiger partial charge in [0.2, 0.25) is 5.88 Å². The van der Waals surface area contributed by atoms with Gasteiger partial charge in [0.1, 0.15) is 0 Å². The Hall–Kier alpha value is -3.73. The quantitative estimate of drug-likeness (QED) is 0.584. The van der Waals surface area contributed by atoms with Gasteiger partial charge in [-0.1, -0.05) is 36.4 Å². The zero-order valence-corrected chi connectivity index (χ0v) is 13.8. The van der Waals surface area contributed by atoms with E-state index in [0.29, 0.717) is 22.2 Å². The number of rotatable bonds is 3. The fourth-order valence-electron chi connectivity index (χ4n) is 2.84. The van der Waals surface area contributed by atoms with Crippen molar-refractivity contribution >= 4 is 22.5 Å². The zero-order valence-electron chi connectivity index (χ0n) is 13.8. The van der Waals surface area contributed by atoms with Crippen LogP contribution < -0.4 is 5.32 Å². The largest absolute Gasteiger partial charge is 0.493 e. The van der Waals surface area contributed by atoms with E-state index in [0.717, 1.165) is 11.1 Å². The van der Waals surface area contributed by atoms with Crippen LogP contribution in [0.25, 0.3) is 22.0 Å². The second kappa shape index (κ2) is 6.64. The van der Waals surface area contributed by atoms with Crippen LogP contribution in [-0.2, 0) is 0 Å². The first-order valence-corrected chi connectivity index (χ1v) is 8.11. The summed E-state index contributed by atoms with van der Waals surface area (Å²) >= 11 is 0. The Bertz CT molecular complexity index is 1080. The van der Waals surface area contributed by atoms with Crippen molar-refractivity contribution in [3.63, 3.8) is 0 Å². The van der Waals surface area contributed by atoms with Crippen LogP contribution in [0.5, 0.6) is 5.88 Å². The van der Waals surface area contributed by atoms with Crippen LogP contribution in [0.4, 0.5) is 5.69 Å². The van der Waals surface area contributed by atoms with E-state index in [1.807, 2.05) is 42.5 Å². The molecule has 0 radical (unpaired) electrons. The summed E-state index contributed by atoms with van der Waals surface area (Å²) < 4.78 is 0. The second-order valence-electron chi connectivity index (χ2n) is 5.82. The molecule has 4 rings (SSSR count). The summed E-state index contributed by atoms with van der Waals surface area (Å²) in [6, 6.07) is 20.4. The molecule has 1 amide bonds. The van der Waals surface area contributed by atoms with E-state index < -0.39 is 0 Å². The van der Waals surface area contributed by atoms with E-state index in [2.05, 4.69) is 15.3 Å². The smallest absolute Gasteiger partial charge is 0.256 e. The summed E-state index contributed by atoms with van der Waals surface area (Å²) in [5.41, 5.74) is 3.51. The Kier molecular flexibility index (Phi) is 4.03. The molecular formula is C21H15N3O2. The molecule has 2 aromatic heterocycles. The van der Waals surface area contributed by atoms with Crippen molar-refractivity contribution in [2.75, 3.05) is 5.32 Å². The predicted octanol–water partition coefficient (Wildman–Crippen LogP) is 4.25. The zero-order chi connectivity index (χ0) is 17.9. The third kappa shape index (κ3) is 3.10. The van der Waals surface area contributed by atoms with E-state index in [1.165, 1.54) is 6.07 Å². The maximum atomic E-state index is 12.8. The van der Waals surface area contributed by atoms with Gasteiger partial charge in [-0.25, -0.2) is 4.98 Å². The summed E-state index contributed by atoms with van der Waals surface area (Å²) in [4.78, 5) is 20.9. The lowest BCUT2D eigenvalue weighted by molar-refractivity contribution is 0.102. The highest BCUT2D eigenvalue weighted by Crippen LogP contribution is 2.28. The number of nitrogens with zero attached hydrogens (tertiary/aromatic N) is 2. The van der Waals surface area contributed by atoms with Gasteiger partial charge >= 0.3 is 0 Å². The normalized spacial score (nSPS) is 10.6. The number of aromatic hydroxyl groups is 1. The molecule has 2 aromatic carbocycles. The lowest BCUT2D eigenvalue weighted by atomic mass is 10.0. The molecule has 0 saturated carbocycles. The molecule has 0 saturated heterocycles. The summed E-state index contributed by atoms with van der Waals surface area (Å²) in [5.74, 6) is -0.521. The SMILES string of the molecule is O=C(Nc1cccnc1)c1cc(O)nc2ccc(-c3ccccc3)cc12. The molecule has 2 N–H and O–H groups in total. The number of hydrogen-bond donors (Lipinski definition) is 2. The predicted molar refractivity (Wildman–Crippen MR) is 101 cm³/mol. The van der Waals surface area contributed by atoms with Crippen LogP contribution >= 0.6 is 0 Å². The molecule has 0 aliphatic heterocycles. The molecular weight excluding hydrogens is 326 g/mol. The van der Waals surface area contributed by atoms with Crippen molar-refractivity contribution < 1.29 is 9.90 Å². The first-order valence-electron chi connectivity index (χ1n) is 8.11. The minimum Gasteiger partial charge on any atom is -0.493 e. The van der Waals surface area contributed by atoms with Crippen molar-refractivity contribution in [3.8, 4) is 17.0 Å². The van der Waals surface area contributed by atoms with Crippen LogP contribution in [0.1, 0.15) is 10.4 Å². The summed E-state index contributed by atoms with van der Waals surface area (Å²) in [5, 5.41) is 13.4. The monoisotopic (exact) mass is 341 g/mol. The van der Waals surface area contributed by atoms with Gasteiger partial charge in [0.25, 0.3) is 5.91 Å². The summed E-state index contributed by atoms with van der Waals surface area (Å²) in [7, 11) is 0. The minimum atomic E-state index is -0.328. The van der Waals surface area contributed by atoms with Crippen LogP contribution in [0.3, 0.4) is 0 Å². The van der Waals surface area contributed by atoms with Gasteiger partial charge in [-0.2, -0.15) is 0 Å². The van der Waals surface area contributed by atoms with Crippen molar-refractivity contribution in [2.24, 2.45) is 0 Å². The van der Waals surface area contributed by atoms with E-state index >= 15 is 0 Å². The average Bonchev–Trinajstić information content (AvgIpc) is 2.68. The number of fused-ring (bicyclic) bond motifs is 1. The van der Waals surface area contributed by atoms with E-state index in [9.17, 15) is 9.90 Å². The van der Waals surface area contributed by atoms with Gasteiger partial charge in [0, 0.05) is 17.6 Å². The molecule has 2 heterocycles. The van der Waals surface area contributed by atoms with Gasteiger partial charge in [0.05, 0.1) is 23.0 Å². The fraction of sp³-hybridized carbons (Fsp3) is 0. The molecule has 0 fully saturated rings. The van der Waals surface area contributed by atoms with Gasteiger partial charge < -0.3 is 10.4 Å². The van der Waals surface area contributed by atoms with Crippen LogP contribution in [-0.4, -0.2) is 21.0 Å². The number of pyridine rings is 2. The molecule has 0 spiro atoms. The molecule has 0 aliphatic carbocycles. The van der Waals surface area contributed by atoms with E-state index in [1.54, 1.807) is 30.6 Å². The second-order valence-corrected chi connectivity index (χ2v) is 5.82. The first-order chi connectivity index (χ1) is 12.7. The topological polar surface area (TPSA) is 75.1 Å². The van der Waals surface area contributed by atoms with E-state index in [4.69, 9.17) is 0 Å². The third-order valence-electron chi connectivity index (χ3n) is 4.07. The number of benzene rings is 2. The standard InChI is InChI=1S/C21H15N3O2/c25-20-12-18(21(26)23-16-7-4-10-22-13-16)17-11-15(8-9-19(17)24-20)14-5-2-1-3-6-14/h1-13H,(H,23,26)(H,24,25). The van der Waals surface area contributed by atoms with Crippen LogP contribution in [0, 0.1) is 0 Å². The molecule has 126 valence electrons. The molecule has 0 bridgehead atoms. The number of amides is 1. The molecule has 4 aromatic rings. The molecule has 0 atom stereocenters. The highest BCUT2D eigenvalue weighted by molar-refractivity contribution is 6.13. The highest BCUT2D eigenvalue weighted by Gasteiger charge is 2.14. The third-order valence-corrected chi connectivity index (χ3v) is 4.07. The highest BCUT2D eigenvalue weighted by atomic mass is 16.3. The Labute approximate surface area is 150 Å². The van der Waals surface area contributed by atoms with Crippen molar-refractivity contribution in [2.45, 2.75) is 0 Å². The average molecular weight is 341 g/mol. The van der Waals surface area contributed by atoms with Gasteiger partial charge in [-0.05, 0) is 35.4 Å². The Morgan fingerprint density at radius 1 is 0.923 bits per heavy atom. The molecule has 0 unspecified atom stereocenters. The summed E-state index contributed by atoms with van der Waals surface area (Å²) in [6.45, 7) is 0. The van der Waals surface area contributed by atoms with Crippen molar-refractivity contribution in [1.82, 2.24) is 9.97 Å². The number of hydrogen-bond acceptors (Lipinski definition) is 4. The molecule has 5 heteroatoms. The molecule has 26 heavy (non-hydrogen) atoms. The van der Waals surface area contributed by atoms with Crippen LogP contribution in [0.2, 0.25) is 0 Å². The molecule has 0 aliphatic rings. The summed E-state index contributed by atoms with van der Waals surface area (Å²) in [6.07, 6.45) is 3.20. The Balaban J connectivity index is 1.81. The minimum absolute atomic E-state index is 0.193. The number of anilines is 1. The first kappa shape index (κ1) is 15.8. The van der Waals surface area contributed by atoms with Gasteiger partial charge in [-0.3, -0.25) is 9.78 Å². The number of carbonyl (C=O) groups excluding carboxylic acids is 1. The maximum absolute atomic E-state index is 12.8. The number of nitrogens with one attached hydrogen (secondary N) is 1. The van der Waals surface area contributed by atoms with Crippen LogP contribution in [0.15, 0.2) is 79.1 Å². The van der Waals surface area contributed by atoms with Gasteiger partial charge in [0.15, 0.2) is 0 Å². The Morgan fingerprint density at radius 2 is 1.77 bits per heavy atom. The van der Waals surface area contributed by atoms with E-state index in [-0.39, 0.29) is 11.8 Å². The lowest BCUT2D eigenvalue weighted by Gasteiger charge is -2.10.